The van der Waals surface area contributed by atoms with E-state index in [-0.39, 0.29) is 18.1 Å². The van der Waals surface area contributed by atoms with Gasteiger partial charge in [0.15, 0.2) is 0 Å². The molecule has 0 unspecified atom stereocenters. The first-order valence-corrected chi connectivity index (χ1v) is 7.81. The second kappa shape index (κ2) is 6.99. The third kappa shape index (κ3) is 3.49. The van der Waals surface area contributed by atoms with Gasteiger partial charge in [0.2, 0.25) is 5.91 Å². The highest BCUT2D eigenvalue weighted by Gasteiger charge is 2.11. The molecule has 7 nitrogen and oxygen atoms in total. The van der Waals surface area contributed by atoms with E-state index < -0.39 is 5.91 Å². The number of H-pyrrole nitrogens is 1. The van der Waals surface area contributed by atoms with E-state index in [4.69, 9.17) is 6.42 Å². The highest BCUT2D eigenvalue weighted by molar-refractivity contribution is 6.01. The van der Waals surface area contributed by atoms with Crippen molar-refractivity contribution >= 4 is 28.5 Å². The highest BCUT2D eigenvalue weighted by Crippen LogP contribution is 2.12. The Bertz CT molecular complexity index is 1100. The van der Waals surface area contributed by atoms with Gasteiger partial charge in [-0.3, -0.25) is 14.2 Å². The van der Waals surface area contributed by atoms with Crippen LogP contribution in [0.25, 0.3) is 11.0 Å². The van der Waals surface area contributed by atoms with Crippen molar-refractivity contribution < 1.29 is 9.59 Å². The van der Waals surface area contributed by atoms with E-state index in [1.54, 1.807) is 49.5 Å². The number of terminal acetylenes is 1. The number of carbonyl (C=O) groups excluding carboxylic acids is 2. The van der Waals surface area contributed by atoms with Gasteiger partial charge in [-0.1, -0.05) is 12.0 Å². The Kier molecular flexibility index (Phi) is 4.58. The zero-order chi connectivity index (χ0) is 18.7. The topological polar surface area (TPSA) is 96.0 Å². The fraction of sp³-hybridized carbons (Fsp3) is 0.105. The molecule has 0 bridgehead atoms. The second-order valence-electron chi connectivity index (χ2n) is 5.68. The molecule has 0 aliphatic rings. The molecule has 2 amide bonds. The first kappa shape index (κ1) is 17.0. The van der Waals surface area contributed by atoms with Crippen LogP contribution in [0.3, 0.4) is 0 Å². The average molecular weight is 348 g/mol. The maximum Gasteiger partial charge on any atom is 0.326 e. The first-order chi connectivity index (χ1) is 12.5. The molecule has 0 atom stereocenters. The van der Waals surface area contributed by atoms with E-state index in [9.17, 15) is 14.4 Å². The summed E-state index contributed by atoms with van der Waals surface area (Å²) in [7, 11) is 1.64. The molecule has 3 aromatic rings. The summed E-state index contributed by atoms with van der Waals surface area (Å²) in [6, 6.07) is 11.7. The summed E-state index contributed by atoms with van der Waals surface area (Å²) in [5, 5.41) is 5.21. The summed E-state index contributed by atoms with van der Waals surface area (Å²) in [5.41, 5.74) is 2.55. The van der Waals surface area contributed by atoms with Crippen LogP contribution in [0.4, 0.5) is 5.69 Å². The lowest BCUT2D eigenvalue weighted by atomic mass is 10.2. The van der Waals surface area contributed by atoms with Crippen molar-refractivity contribution in [2.24, 2.45) is 7.05 Å². The Labute approximate surface area is 149 Å². The first-order valence-electron chi connectivity index (χ1n) is 7.81. The van der Waals surface area contributed by atoms with Crippen LogP contribution in [-0.2, 0) is 11.8 Å². The Morgan fingerprint density at radius 1 is 1.23 bits per heavy atom. The number of hydrogen-bond acceptors (Lipinski definition) is 3. The molecule has 0 spiro atoms. The van der Waals surface area contributed by atoms with Gasteiger partial charge in [-0.05, 0) is 36.4 Å². The minimum absolute atomic E-state index is 0.192. The van der Waals surface area contributed by atoms with E-state index in [0.29, 0.717) is 27.8 Å². The predicted octanol–water partition coefficient (Wildman–Crippen LogP) is 1.22. The summed E-state index contributed by atoms with van der Waals surface area (Å²) in [4.78, 5) is 38.5. The van der Waals surface area contributed by atoms with Gasteiger partial charge in [0.1, 0.15) is 0 Å². The predicted molar refractivity (Wildman–Crippen MR) is 98.9 cm³/mol. The molecule has 7 heteroatoms. The SMILES string of the molecule is C#Cc1cccc(NC(=O)CNC(=O)c2ccc3c(c2)[nH]c(=O)n3C)c1. The van der Waals surface area contributed by atoms with Crippen molar-refractivity contribution in [1.82, 2.24) is 14.9 Å². The number of carbonyl (C=O) groups is 2. The van der Waals surface area contributed by atoms with Crippen molar-refractivity contribution in [2.45, 2.75) is 0 Å². The van der Waals surface area contributed by atoms with Crippen LogP contribution in [0.15, 0.2) is 47.3 Å². The minimum atomic E-state index is -0.413. The Hall–Kier alpha value is -3.79. The fourth-order valence-corrected chi connectivity index (χ4v) is 2.53. The minimum Gasteiger partial charge on any atom is -0.343 e. The Morgan fingerprint density at radius 3 is 2.81 bits per heavy atom. The molecule has 26 heavy (non-hydrogen) atoms. The molecule has 0 saturated carbocycles. The second-order valence-corrected chi connectivity index (χ2v) is 5.68. The van der Waals surface area contributed by atoms with E-state index in [1.807, 2.05) is 0 Å². The van der Waals surface area contributed by atoms with Crippen molar-refractivity contribution in [1.29, 1.82) is 0 Å². The van der Waals surface area contributed by atoms with Crippen molar-refractivity contribution in [3.05, 3.63) is 64.1 Å². The standard InChI is InChI=1S/C19H16N4O3/c1-3-12-5-4-6-14(9-12)21-17(24)11-20-18(25)13-7-8-16-15(10-13)22-19(26)23(16)2/h1,4-10H,11H2,2H3,(H,20,25)(H,21,24)(H,22,26). The molecule has 3 N–H and O–H groups in total. The molecular formula is C19H16N4O3. The third-order valence-corrected chi connectivity index (χ3v) is 3.89. The molecule has 0 saturated heterocycles. The van der Waals surface area contributed by atoms with Gasteiger partial charge in [-0.25, -0.2) is 4.79 Å². The van der Waals surface area contributed by atoms with Gasteiger partial charge in [-0.15, -0.1) is 6.42 Å². The number of nitrogens with one attached hydrogen (secondary N) is 3. The maximum absolute atomic E-state index is 12.2. The summed E-state index contributed by atoms with van der Waals surface area (Å²) in [6.07, 6.45) is 5.32. The number of aryl methyl sites for hydroxylation is 1. The van der Waals surface area contributed by atoms with Gasteiger partial charge in [0.05, 0.1) is 17.6 Å². The number of rotatable bonds is 4. The van der Waals surface area contributed by atoms with Crippen LogP contribution >= 0.6 is 0 Å². The molecule has 1 heterocycles. The zero-order valence-corrected chi connectivity index (χ0v) is 14.0. The number of fused-ring (bicyclic) bond motifs is 1. The van der Waals surface area contributed by atoms with Crippen LogP contribution in [0.5, 0.6) is 0 Å². The van der Waals surface area contributed by atoms with Crippen LogP contribution in [0.1, 0.15) is 15.9 Å². The number of aromatic amines is 1. The monoisotopic (exact) mass is 348 g/mol. The lowest BCUT2D eigenvalue weighted by molar-refractivity contribution is -0.115. The van der Waals surface area contributed by atoms with Gasteiger partial charge >= 0.3 is 5.69 Å². The molecule has 0 aliphatic heterocycles. The Morgan fingerprint density at radius 2 is 2.04 bits per heavy atom. The van der Waals surface area contributed by atoms with Gasteiger partial charge < -0.3 is 15.6 Å². The van der Waals surface area contributed by atoms with Crippen LogP contribution in [0, 0.1) is 12.3 Å². The van der Waals surface area contributed by atoms with E-state index in [2.05, 4.69) is 21.5 Å². The van der Waals surface area contributed by atoms with Crippen LogP contribution in [0.2, 0.25) is 0 Å². The number of amides is 2. The summed E-state index contributed by atoms with van der Waals surface area (Å²) < 4.78 is 1.45. The molecule has 0 radical (unpaired) electrons. The normalized spacial score (nSPS) is 10.3. The third-order valence-electron chi connectivity index (χ3n) is 3.89. The smallest absolute Gasteiger partial charge is 0.326 e. The van der Waals surface area contributed by atoms with Crippen molar-refractivity contribution in [3.63, 3.8) is 0 Å². The molecule has 0 fully saturated rings. The quantitative estimate of drug-likeness (QED) is 0.619. The number of benzene rings is 2. The molecule has 1 aromatic heterocycles. The average Bonchev–Trinajstić information content (AvgIpc) is 2.93. The number of imidazole rings is 1. The Balaban J connectivity index is 1.64. The zero-order valence-electron chi connectivity index (χ0n) is 14.0. The lowest BCUT2D eigenvalue weighted by Gasteiger charge is -2.07. The summed E-state index contributed by atoms with van der Waals surface area (Å²) in [5.74, 6) is 1.70. The van der Waals surface area contributed by atoms with Gasteiger partial charge in [0, 0.05) is 23.9 Å². The molecule has 2 aromatic carbocycles. The largest absolute Gasteiger partial charge is 0.343 e. The van der Waals surface area contributed by atoms with E-state index in [0.717, 1.165) is 0 Å². The summed E-state index contributed by atoms with van der Waals surface area (Å²) >= 11 is 0. The maximum atomic E-state index is 12.2. The van der Waals surface area contributed by atoms with Crippen molar-refractivity contribution in [3.8, 4) is 12.3 Å². The van der Waals surface area contributed by atoms with Gasteiger partial charge in [-0.2, -0.15) is 0 Å². The number of nitrogens with zero attached hydrogens (tertiary/aromatic N) is 1. The van der Waals surface area contributed by atoms with Crippen LogP contribution < -0.4 is 16.3 Å². The number of anilines is 1. The highest BCUT2D eigenvalue weighted by atomic mass is 16.2. The number of aromatic nitrogens is 2. The molecule has 130 valence electrons. The van der Waals surface area contributed by atoms with Crippen LogP contribution in [-0.4, -0.2) is 27.9 Å². The molecule has 3 rings (SSSR count). The van der Waals surface area contributed by atoms with Gasteiger partial charge in [0.25, 0.3) is 5.91 Å². The molecular weight excluding hydrogens is 332 g/mol. The molecule has 0 aliphatic carbocycles. The fourth-order valence-electron chi connectivity index (χ4n) is 2.53. The van der Waals surface area contributed by atoms with E-state index in [1.165, 1.54) is 4.57 Å². The lowest BCUT2D eigenvalue weighted by Crippen LogP contribution is -2.32. The summed E-state index contributed by atoms with van der Waals surface area (Å²) in [6.45, 7) is -0.192. The van der Waals surface area contributed by atoms with E-state index >= 15 is 0 Å². The number of hydrogen-bond donors (Lipinski definition) is 3. The van der Waals surface area contributed by atoms with Crippen molar-refractivity contribution in [2.75, 3.05) is 11.9 Å².